The van der Waals surface area contributed by atoms with Gasteiger partial charge in [0.25, 0.3) is 0 Å². The first-order chi connectivity index (χ1) is 9.97. The molecule has 3 N–H and O–H groups in total. The van der Waals surface area contributed by atoms with Crippen molar-refractivity contribution < 1.29 is 14.7 Å². The fourth-order valence-corrected chi connectivity index (χ4v) is 2.73. The lowest BCUT2D eigenvalue weighted by molar-refractivity contribution is -0.138. The van der Waals surface area contributed by atoms with Gasteiger partial charge in [-0.2, -0.15) is 0 Å². The molecule has 1 amide bonds. The van der Waals surface area contributed by atoms with E-state index in [1.807, 2.05) is 0 Å². The molecule has 0 spiro atoms. The number of nitrogens with zero attached hydrogens (tertiary/aromatic N) is 1. The van der Waals surface area contributed by atoms with Crippen LogP contribution in [0.3, 0.4) is 0 Å². The summed E-state index contributed by atoms with van der Waals surface area (Å²) in [6, 6.07) is 0. The quantitative estimate of drug-likeness (QED) is 0.609. The van der Waals surface area contributed by atoms with Gasteiger partial charge in [-0.1, -0.05) is 13.8 Å². The van der Waals surface area contributed by atoms with Gasteiger partial charge in [-0.3, -0.25) is 14.5 Å². The van der Waals surface area contributed by atoms with Gasteiger partial charge in [0.2, 0.25) is 5.91 Å². The maximum atomic E-state index is 12.0. The Bertz CT molecular complexity index is 326. The number of hydrogen-bond donors (Lipinski definition) is 3. The molecule has 0 aliphatic carbocycles. The highest BCUT2D eigenvalue weighted by molar-refractivity contribution is 5.78. The van der Waals surface area contributed by atoms with Gasteiger partial charge in [-0.25, -0.2) is 0 Å². The molecule has 1 heterocycles. The fourth-order valence-electron chi connectivity index (χ4n) is 2.73. The van der Waals surface area contributed by atoms with E-state index in [0.29, 0.717) is 19.0 Å². The third-order valence-electron chi connectivity index (χ3n) is 3.66. The molecule has 1 fully saturated rings. The molecule has 122 valence electrons. The van der Waals surface area contributed by atoms with E-state index in [4.69, 9.17) is 5.11 Å². The second-order valence-electron chi connectivity index (χ2n) is 6.28. The van der Waals surface area contributed by atoms with Crippen molar-refractivity contribution in [1.29, 1.82) is 0 Å². The third-order valence-corrected chi connectivity index (χ3v) is 3.66. The topological polar surface area (TPSA) is 81.7 Å². The van der Waals surface area contributed by atoms with Gasteiger partial charge >= 0.3 is 5.97 Å². The minimum atomic E-state index is -0.798. The van der Waals surface area contributed by atoms with Crippen LogP contribution in [0.5, 0.6) is 0 Å². The van der Waals surface area contributed by atoms with E-state index in [1.54, 1.807) is 0 Å². The van der Waals surface area contributed by atoms with Gasteiger partial charge in [-0.05, 0) is 37.8 Å². The van der Waals surface area contributed by atoms with Crippen LogP contribution in [-0.2, 0) is 9.59 Å². The summed E-state index contributed by atoms with van der Waals surface area (Å²) in [4.78, 5) is 25.0. The van der Waals surface area contributed by atoms with Crippen molar-refractivity contribution in [3.8, 4) is 0 Å². The lowest BCUT2D eigenvalue weighted by Gasteiger charge is -2.21. The summed E-state index contributed by atoms with van der Waals surface area (Å²) in [5.41, 5.74) is 0. The van der Waals surface area contributed by atoms with Crippen LogP contribution in [0.1, 0.15) is 33.1 Å². The van der Waals surface area contributed by atoms with Gasteiger partial charge in [-0.15, -0.1) is 0 Å². The van der Waals surface area contributed by atoms with Crippen LogP contribution in [0.2, 0.25) is 0 Å². The number of carboxylic acid groups (broad SMARTS) is 1. The first-order valence-electron chi connectivity index (χ1n) is 7.89. The van der Waals surface area contributed by atoms with Crippen molar-refractivity contribution >= 4 is 11.9 Å². The zero-order chi connectivity index (χ0) is 15.7. The molecule has 1 saturated heterocycles. The number of amides is 1. The minimum Gasteiger partial charge on any atom is -0.481 e. The van der Waals surface area contributed by atoms with Crippen molar-refractivity contribution in [2.24, 2.45) is 11.8 Å². The highest BCUT2D eigenvalue weighted by atomic mass is 16.4. The molecule has 1 aliphatic heterocycles. The molecule has 0 aromatic carbocycles. The fraction of sp³-hybridized carbons (Fsp3) is 0.867. The minimum absolute atomic E-state index is 0.00366. The molecule has 0 bridgehead atoms. The van der Waals surface area contributed by atoms with Gasteiger partial charge in [0.15, 0.2) is 0 Å². The number of aliphatic carboxylic acids is 1. The number of rotatable bonds is 8. The summed E-state index contributed by atoms with van der Waals surface area (Å²) in [7, 11) is 0. The number of carbonyl (C=O) groups excluding carboxylic acids is 1. The molecular formula is C15H29N3O3. The molecule has 6 heteroatoms. The van der Waals surface area contributed by atoms with Crippen molar-refractivity contribution in [2.75, 3.05) is 39.3 Å². The SMILES string of the molecule is CC(C)C[C@H](CNC(=O)CN1CCCNCC1)CC(=O)O. The van der Waals surface area contributed by atoms with Crippen LogP contribution < -0.4 is 10.6 Å². The monoisotopic (exact) mass is 299 g/mol. The number of nitrogens with one attached hydrogen (secondary N) is 2. The molecule has 0 saturated carbocycles. The van der Waals surface area contributed by atoms with E-state index >= 15 is 0 Å². The largest absolute Gasteiger partial charge is 0.481 e. The van der Waals surface area contributed by atoms with Crippen LogP contribution in [-0.4, -0.2) is 61.2 Å². The van der Waals surface area contributed by atoms with Crippen molar-refractivity contribution in [1.82, 2.24) is 15.5 Å². The van der Waals surface area contributed by atoms with Crippen molar-refractivity contribution in [2.45, 2.75) is 33.1 Å². The molecule has 6 nitrogen and oxygen atoms in total. The second-order valence-corrected chi connectivity index (χ2v) is 6.28. The summed E-state index contributed by atoms with van der Waals surface area (Å²) in [5, 5.41) is 15.1. The van der Waals surface area contributed by atoms with Gasteiger partial charge < -0.3 is 15.7 Å². The van der Waals surface area contributed by atoms with E-state index in [2.05, 4.69) is 29.4 Å². The zero-order valence-corrected chi connectivity index (χ0v) is 13.2. The molecule has 1 rings (SSSR count). The molecule has 0 aromatic rings. The smallest absolute Gasteiger partial charge is 0.303 e. The van der Waals surface area contributed by atoms with Gasteiger partial charge in [0.05, 0.1) is 6.54 Å². The summed E-state index contributed by atoms with van der Waals surface area (Å²) < 4.78 is 0. The Morgan fingerprint density at radius 2 is 2.05 bits per heavy atom. The highest BCUT2D eigenvalue weighted by Gasteiger charge is 2.17. The maximum Gasteiger partial charge on any atom is 0.303 e. The number of carboxylic acids is 1. The maximum absolute atomic E-state index is 12.0. The van der Waals surface area contributed by atoms with Crippen LogP contribution in [0, 0.1) is 11.8 Å². The Morgan fingerprint density at radius 1 is 1.29 bits per heavy atom. The lowest BCUT2D eigenvalue weighted by Crippen LogP contribution is -2.40. The summed E-state index contributed by atoms with van der Waals surface area (Å²) in [6.07, 6.45) is 1.99. The molecule has 0 aromatic heterocycles. The Labute approximate surface area is 127 Å². The Kier molecular flexibility index (Phi) is 8.30. The third kappa shape index (κ3) is 8.67. The Hall–Kier alpha value is -1.14. The van der Waals surface area contributed by atoms with Crippen molar-refractivity contribution in [3.05, 3.63) is 0 Å². The van der Waals surface area contributed by atoms with Gasteiger partial charge in [0.1, 0.15) is 0 Å². The second kappa shape index (κ2) is 9.73. The average molecular weight is 299 g/mol. The predicted molar refractivity (Wildman–Crippen MR) is 82.1 cm³/mol. The number of carbonyl (C=O) groups is 2. The molecule has 0 unspecified atom stereocenters. The first-order valence-corrected chi connectivity index (χ1v) is 7.89. The van der Waals surface area contributed by atoms with Gasteiger partial charge in [0, 0.05) is 26.1 Å². The average Bonchev–Trinajstić information content (AvgIpc) is 2.63. The Morgan fingerprint density at radius 3 is 2.71 bits per heavy atom. The van der Waals surface area contributed by atoms with Crippen LogP contribution in [0.25, 0.3) is 0 Å². The molecule has 1 atom stereocenters. The normalized spacial score (nSPS) is 18.2. The van der Waals surface area contributed by atoms with E-state index in [9.17, 15) is 9.59 Å². The summed E-state index contributed by atoms with van der Waals surface area (Å²) >= 11 is 0. The van der Waals surface area contributed by atoms with E-state index in [-0.39, 0.29) is 18.2 Å². The molecule has 21 heavy (non-hydrogen) atoms. The van der Waals surface area contributed by atoms with E-state index in [0.717, 1.165) is 39.0 Å². The first kappa shape index (κ1) is 17.9. The molecule has 1 aliphatic rings. The van der Waals surface area contributed by atoms with E-state index in [1.165, 1.54) is 0 Å². The molecular weight excluding hydrogens is 270 g/mol. The van der Waals surface area contributed by atoms with E-state index < -0.39 is 5.97 Å². The molecule has 0 radical (unpaired) electrons. The summed E-state index contributed by atoms with van der Waals surface area (Å²) in [5.74, 6) is -0.357. The summed E-state index contributed by atoms with van der Waals surface area (Å²) in [6.45, 7) is 8.75. The van der Waals surface area contributed by atoms with Crippen LogP contribution >= 0.6 is 0 Å². The lowest BCUT2D eigenvalue weighted by atomic mass is 9.94. The Balaban J connectivity index is 2.32. The van der Waals surface area contributed by atoms with Crippen LogP contribution in [0.15, 0.2) is 0 Å². The highest BCUT2D eigenvalue weighted by Crippen LogP contribution is 2.14. The zero-order valence-electron chi connectivity index (χ0n) is 13.2. The van der Waals surface area contributed by atoms with Crippen LogP contribution in [0.4, 0.5) is 0 Å². The predicted octanol–water partition coefficient (Wildman–Crippen LogP) is 0.535. The standard InChI is InChI=1S/C15H29N3O3/c1-12(2)8-13(9-15(20)21)10-17-14(19)11-18-6-3-4-16-5-7-18/h12-13,16H,3-11H2,1-2H3,(H,17,19)(H,20,21)/t13-/m0/s1. The number of hydrogen-bond acceptors (Lipinski definition) is 4. The van der Waals surface area contributed by atoms with Crippen molar-refractivity contribution in [3.63, 3.8) is 0 Å².